The van der Waals surface area contributed by atoms with E-state index >= 15 is 0 Å². The molecule has 3 aromatic rings. The number of phosphoric ester groups is 1. The van der Waals surface area contributed by atoms with Gasteiger partial charge in [-0.2, -0.15) is 0 Å². The first kappa shape index (κ1) is 34.0. The first-order chi connectivity index (χ1) is 23.5. The van der Waals surface area contributed by atoms with Crippen molar-refractivity contribution in [3.05, 3.63) is 102 Å². The van der Waals surface area contributed by atoms with E-state index in [4.69, 9.17) is 4.74 Å². The zero-order valence-corrected chi connectivity index (χ0v) is 27.9. The van der Waals surface area contributed by atoms with E-state index < -0.39 is 26.1 Å². The molecule has 2 saturated heterocycles. The second kappa shape index (κ2) is 14.3. The Morgan fingerprint density at radius 3 is 2.53 bits per heavy atom. The third-order valence-electron chi connectivity index (χ3n) is 8.75. The van der Waals surface area contributed by atoms with Gasteiger partial charge in [0.05, 0.1) is 25.3 Å². The minimum absolute atomic E-state index is 0.0397. The fourth-order valence-electron chi connectivity index (χ4n) is 6.60. The molecule has 2 atom stereocenters. The molecule has 0 aromatic heterocycles. The van der Waals surface area contributed by atoms with Gasteiger partial charge in [-0.15, -0.1) is 6.58 Å². The molecule has 49 heavy (non-hydrogen) atoms. The van der Waals surface area contributed by atoms with Gasteiger partial charge in [0.25, 0.3) is 0 Å². The van der Waals surface area contributed by atoms with Crippen LogP contribution in [0.5, 0.6) is 11.5 Å². The van der Waals surface area contributed by atoms with Crippen molar-refractivity contribution in [1.29, 1.82) is 0 Å². The Kier molecular flexibility index (Phi) is 9.93. The molecule has 0 aliphatic carbocycles. The molecule has 0 spiro atoms. The van der Waals surface area contributed by atoms with Gasteiger partial charge in [0.1, 0.15) is 30.3 Å². The second-order valence-corrected chi connectivity index (χ2v) is 13.3. The van der Waals surface area contributed by atoms with E-state index in [2.05, 4.69) is 21.3 Å². The van der Waals surface area contributed by atoms with Crippen molar-refractivity contribution in [3.8, 4) is 11.5 Å². The fourth-order valence-corrected chi connectivity index (χ4v) is 7.00. The molecule has 6 rings (SSSR count). The van der Waals surface area contributed by atoms with Crippen LogP contribution >= 0.6 is 7.82 Å². The number of phosphoric acid groups is 1. The number of nitrogens with one attached hydrogen (secondary N) is 1. The van der Waals surface area contributed by atoms with Gasteiger partial charge in [0.2, 0.25) is 11.8 Å². The maximum absolute atomic E-state index is 14.4. The van der Waals surface area contributed by atoms with Gasteiger partial charge in [-0.05, 0) is 34.9 Å². The summed E-state index contributed by atoms with van der Waals surface area (Å²) in [4.78, 5) is 66.0. The number of likely N-dealkylation sites (N-methyl/N-ethyl adjacent to an activating group) is 1. The highest BCUT2D eigenvalue weighted by atomic mass is 31.2. The molecule has 3 aliphatic rings. The molecular formula is C34H39N6O8P. The standard InChI is InChI=1S/C34H39N6O8P/c1-3-16-38-23-31(41)39-28(19-24-12-14-27(15-13-24)48-49(44,45)46)33(42)37(21-26-10-7-11-29-32(26)36(2)17-18-47-29)22-30(39)40(38)34(43)35-20-25-8-5-4-6-9-25/h3-15,28,30H,1,16-23H2,2H3,(H,35,43)(H2,44,45,46)/t28-,30-/m0/s1. The lowest BCUT2D eigenvalue weighted by Gasteiger charge is -2.55. The minimum Gasteiger partial charge on any atom is -0.490 e. The molecule has 0 saturated carbocycles. The quantitative estimate of drug-likeness (QED) is 0.214. The summed E-state index contributed by atoms with van der Waals surface area (Å²) in [6.45, 7) is 5.66. The number of nitrogens with zero attached hydrogens (tertiary/aromatic N) is 5. The van der Waals surface area contributed by atoms with Crippen LogP contribution < -0.4 is 19.5 Å². The fraction of sp³-hybridized carbons (Fsp3) is 0.324. The number of benzene rings is 3. The van der Waals surface area contributed by atoms with Gasteiger partial charge in [-0.3, -0.25) is 19.4 Å². The lowest BCUT2D eigenvalue weighted by atomic mass is 9.98. The lowest BCUT2D eigenvalue weighted by Crippen LogP contribution is -2.76. The number of hydrogen-bond acceptors (Lipinski definition) is 8. The van der Waals surface area contributed by atoms with Crippen LogP contribution in [0.3, 0.4) is 0 Å². The van der Waals surface area contributed by atoms with Gasteiger partial charge in [0.15, 0.2) is 0 Å². The van der Waals surface area contributed by atoms with Gasteiger partial charge < -0.3 is 29.3 Å². The van der Waals surface area contributed by atoms with Gasteiger partial charge in [-0.1, -0.05) is 60.7 Å². The van der Waals surface area contributed by atoms with Crippen LogP contribution in [0.15, 0.2) is 85.5 Å². The Balaban J connectivity index is 1.35. The monoisotopic (exact) mass is 690 g/mol. The molecule has 14 nitrogen and oxygen atoms in total. The van der Waals surface area contributed by atoms with Gasteiger partial charge in [-0.25, -0.2) is 19.4 Å². The average Bonchev–Trinajstić information content (AvgIpc) is 3.06. The Labute approximate surface area is 284 Å². The molecule has 3 aliphatic heterocycles. The van der Waals surface area contributed by atoms with E-state index in [1.54, 1.807) is 28.1 Å². The Hall–Kier alpha value is -4.88. The maximum atomic E-state index is 14.4. The van der Waals surface area contributed by atoms with E-state index in [-0.39, 0.29) is 56.7 Å². The van der Waals surface area contributed by atoms with Crippen LogP contribution in [-0.4, -0.2) is 99.5 Å². The minimum atomic E-state index is -4.76. The van der Waals surface area contributed by atoms with Crippen molar-refractivity contribution in [1.82, 2.24) is 25.1 Å². The third-order valence-corrected chi connectivity index (χ3v) is 9.20. The first-order valence-corrected chi connectivity index (χ1v) is 17.4. The predicted octanol–water partition coefficient (Wildman–Crippen LogP) is 2.72. The molecule has 4 amide bonds. The molecule has 0 radical (unpaired) electrons. The van der Waals surface area contributed by atoms with Crippen molar-refractivity contribution in [2.24, 2.45) is 0 Å². The molecule has 3 N–H and O–H groups in total. The number of piperazine rings is 1. The highest BCUT2D eigenvalue weighted by Gasteiger charge is 2.51. The molecule has 258 valence electrons. The van der Waals surface area contributed by atoms with Crippen molar-refractivity contribution < 1.29 is 38.0 Å². The van der Waals surface area contributed by atoms with Crippen LogP contribution in [0.25, 0.3) is 0 Å². The lowest BCUT2D eigenvalue weighted by molar-refractivity contribution is -0.189. The molecule has 0 unspecified atom stereocenters. The third kappa shape index (κ3) is 7.57. The van der Waals surface area contributed by atoms with Crippen LogP contribution in [0.4, 0.5) is 10.5 Å². The van der Waals surface area contributed by atoms with E-state index in [1.165, 1.54) is 22.0 Å². The molecule has 3 aromatic carbocycles. The Morgan fingerprint density at radius 1 is 1.06 bits per heavy atom. The molecule has 0 bridgehead atoms. The average molecular weight is 691 g/mol. The molecule has 15 heteroatoms. The summed E-state index contributed by atoms with van der Waals surface area (Å²) in [5.41, 5.74) is 3.28. The van der Waals surface area contributed by atoms with E-state index in [1.807, 2.05) is 55.6 Å². The Bertz CT molecular complexity index is 1750. The predicted molar refractivity (Wildman–Crippen MR) is 180 cm³/mol. The number of amides is 4. The first-order valence-electron chi connectivity index (χ1n) is 15.9. The van der Waals surface area contributed by atoms with E-state index in [0.29, 0.717) is 18.7 Å². The molecular weight excluding hydrogens is 651 g/mol. The number of urea groups is 1. The number of ether oxygens (including phenoxy) is 1. The van der Waals surface area contributed by atoms with Crippen LogP contribution in [0, 0.1) is 0 Å². The smallest absolute Gasteiger partial charge is 0.490 e. The molecule has 2 fully saturated rings. The summed E-state index contributed by atoms with van der Waals surface area (Å²) in [6, 6.07) is 19.8. The van der Waals surface area contributed by atoms with Crippen molar-refractivity contribution in [2.45, 2.75) is 31.7 Å². The van der Waals surface area contributed by atoms with E-state index in [0.717, 1.165) is 22.6 Å². The normalized spacial score (nSPS) is 19.6. The number of carbonyl (C=O) groups excluding carboxylic acids is 3. The molecule has 3 heterocycles. The SMILES string of the molecule is C=CCN1CC(=O)N2[C@@H](Cc3ccc(OP(=O)(O)O)cc3)C(=O)N(Cc3cccc4c3N(C)CCO4)C[C@@H]2N1C(=O)NCc1ccccc1. The zero-order chi connectivity index (χ0) is 34.7. The summed E-state index contributed by atoms with van der Waals surface area (Å²) in [5.74, 6) is 0.0723. The van der Waals surface area contributed by atoms with E-state index in [9.17, 15) is 28.7 Å². The number of anilines is 1. The van der Waals surface area contributed by atoms with Crippen molar-refractivity contribution in [3.63, 3.8) is 0 Å². The zero-order valence-electron chi connectivity index (χ0n) is 27.1. The van der Waals surface area contributed by atoms with Gasteiger partial charge in [0, 0.05) is 33.1 Å². The number of rotatable bonds is 10. The Morgan fingerprint density at radius 2 is 1.82 bits per heavy atom. The number of carbonyl (C=O) groups is 3. The van der Waals surface area contributed by atoms with Crippen molar-refractivity contribution in [2.75, 3.05) is 44.7 Å². The number of hydrazine groups is 1. The largest absolute Gasteiger partial charge is 0.524 e. The summed E-state index contributed by atoms with van der Waals surface area (Å²) in [7, 11) is -2.79. The number of hydrogen-bond donors (Lipinski definition) is 3. The summed E-state index contributed by atoms with van der Waals surface area (Å²) >= 11 is 0. The topological polar surface area (TPSA) is 155 Å². The summed E-state index contributed by atoms with van der Waals surface area (Å²) in [6.07, 6.45) is 0.868. The van der Waals surface area contributed by atoms with Gasteiger partial charge >= 0.3 is 13.9 Å². The number of para-hydroxylation sites is 1. The number of fused-ring (bicyclic) bond motifs is 2. The summed E-state index contributed by atoms with van der Waals surface area (Å²) in [5, 5.41) is 6.15. The highest BCUT2D eigenvalue weighted by molar-refractivity contribution is 7.46. The van der Waals surface area contributed by atoms with Crippen LogP contribution in [0.2, 0.25) is 0 Å². The highest BCUT2D eigenvalue weighted by Crippen LogP contribution is 2.38. The van der Waals surface area contributed by atoms with Crippen LogP contribution in [0.1, 0.15) is 16.7 Å². The van der Waals surface area contributed by atoms with Crippen LogP contribution in [-0.2, 0) is 33.7 Å². The second-order valence-electron chi connectivity index (χ2n) is 12.1. The maximum Gasteiger partial charge on any atom is 0.524 e. The summed E-state index contributed by atoms with van der Waals surface area (Å²) < 4.78 is 21.9. The van der Waals surface area contributed by atoms with Crippen molar-refractivity contribution >= 4 is 31.4 Å².